The van der Waals surface area contributed by atoms with Crippen molar-refractivity contribution in [2.75, 3.05) is 33.1 Å². The van der Waals surface area contributed by atoms with Crippen LogP contribution in [-0.4, -0.2) is 49.0 Å². The smallest absolute Gasteiger partial charge is 0.360 e. The van der Waals surface area contributed by atoms with Crippen LogP contribution in [0, 0.1) is 0 Å². The third-order valence-corrected chi connectivity index (χ3v) is 2.74. The Morgan fingerprint density at radius 3 is 2.80 bits per heavy atom. The average molecular weight is 284 g/mol. The predicted molar refractivity (Wildman–Crippen MR) is 72.2 cm³/mol. The molecule has 0 aromatic carbocycles. The molecule has 8 heteroatoms. The van der Waals surface area contributed by atoms with E-state index in [0.717, 1.165) is 6.42 Å². The van der Waals surface area contributed by atoms with E-state index in [4.69, 9.17) is 10.5 Å². The summed E-state index contributed by atoms with van der Waals surface area (Å²) in [6, 6.07) is -0.571. The molecule has 0 fully saturated rings. The molecule has 1 heterocycles. The van der Waals surface area contributed by atoms with Crippen molar-refractivity contribution in [2.24, 2.45) is 0 Å². The number of carbonyl (C=O) groups is 2. The third-order valence-electron chi connectivity index (χ3n) is 2.74. The molecule has 1 atom stereocenters. The van der Waals surface area contributed by atoms with E-state index in [0.29, 0.717) is 13.2 Å². The lowest BCUT2D eigenvalue weighted by Crippen LogP contribution is -2.32. The summed E-state index contributed by atoms with van der Waals surface area (Å²) >= 11 is 0. The zero-order chi connectivity index (χ0) is 15.1. The Kier molecular flexibility index (Phi) is 5.98. The second kappa shape index (κ2) is 7.49. The number of nitrogen functional groups attached to an aromatic ring is 1. The molecule has 112 valence electrons. The van der Waals surface area contributed by atoms with Crippen molar-refractivity contribution in [1.29, 1.82) is 0 Å². The van der Waals surface area contributed by atoms with E-state index in [1.165, 1.54) is 18.0 Å². The van der Waals surface area contributed by atoms with Crippen molar-refractivity contribution in [2.45, 2.75) is 19.4 Å². The van der Waals surface area contributed by atoms with Gasteiger partial charge in [0.15, 0.2) is 5.69 Å². The number of methoxy groups -OCH3 is 2. The Bertz CT molecular complexity index is 472. The van der Waals surface area contributed by atoms with Crippen LogP contribution in [0.5, 0.6) is 0 Å². The zero-order valence-corrected chi connectivity index (χ0v) is 11.9. The lowest BCUT2D eigenvalue weighted by atomic mass is 10.3. The van der Waals surface area contributed by atoms with Gasteiger partial charge in [-0.1, -0.05) is 0 Å². The van der Waals surface area contributed by atoms with Crippen molar-refractivity contribution < 1.29 is 19.1 Å². The molecular weight excluding hydrogens is 264 g/mol. The molecule has 0 saturated carbocycles. The Labute approximate surface area is 117 Å². The van der Waals surface area contributed by atoms with Crippen LogP contribution in [-0.2, 0) is 14.3 Å². The average Bonchev–Trinajstić information content (AvgIpc) is 2.83. The number of nitrogens with one attached hydrogen (secondary N) is 1. The first-order valence-corrected chi connectivity index (χ1v) is 6.20. The molecule has 1 aromatic rings. The summed E-state index contributed by atoms with van der Waals surface area (Å²) in [5, 5.41) is 6.73. The topological polar surface area (TPSA) is 108 Å². The van der Waals surface area contributed by atoms with Gasteiger partial charge in [0.05, 0.1) is 12.8 Å². The summed E-state index contributed by atoms with van der Waals surface area (Å²) in [5.41, 5.74) is 5.85. The van der Waals surface area contributed by atoms with Crippen LogP contribution in [0.2, 0.25) is 0 Å². The SMILES string of the molecule is COCCCNC(=O)C(C)n1cc(N)c(C(=O)OC)n1. The van der Waals surface area contributed by atoms with Gasteiger partial charge in [0, 0.05) is 26.5 Å². The summed E-state index contributed by atoms with van der Waals surface area (Å²) in [4.78, 5) is 23.3. The number of hydrogen-bond acceptors (Lipinski definition) is 6. The number of hydrogen-bond donors (Lipinski definition) is 2. The maximum absolute atomic E-state index is 11.9. The van der Waals surface area contributed by atoms with E-state index in [1.807, 2.05) is 0 Å². The Morgan fingerprint density at radius 1 is 1.50 bits per heavy atom. The molecule has 0 aliphatic heterocycles. The number of carbonyl (C=O) groups excluding carboxylic acids is 2. The second-order valence-electron chi connectivity index (χ2n) is 4.22. The van der Waals surface area contributed by atoms with E-state index in [9.17, 15) is 9.59 Å². The highest BCUT2D eigenvalue weighted by Crippen LogP contribution is 2.14. The fraction of sp³-hybridized carbons (Fsp3) is 0.583. The summed E-state index contributed by atoms with van der Waals surface area (Å²) in [5.74, 6) is -0.839. The Hall–Kier alpha value is -2.09. The van der Waals surface area contributed by atoms with E-state index < -0.39 is 12.0 Å². The van der Waals surface area contributed by atoms with Crippen LogP contribution in [0.25, 0.3) is 0 Å². The first-order chi connectivity index (χ1) is 9.51. The van der Waals surface area contributed by atoms with Crippen LogP contribution < -0.4 is 11.1 Å². The molecule has 1 rings (SSSR count). The van der Waals surface area contributed by atoms with E-state index in [-0.39, 0.29) is 17.3 Å². The minimum absolute atomic E-state index is 0.00605. The molecule has 0 spiro atoms. The lowest BCUT2D eigenvalue weighted by molar-refractivity contribution is -0.124. The first-order valence-electron chi connectivity index (χ1n) is 6.20. The largest absolute Gasteiger partial charge is 0.464 e. The van der Waals surface area contributed by atoms with Gasteiger partial charge >= 0.3 is 5.97 Å². The van der Waals surface area contributed by atoms with Gasteiger partial charge in [0.1, 0.15) is 6.04 Å². The molecule has 8 nitrogen and oxygen atoms in total. The van der Waals surface area contributed by atoms with Crippen LogP contribution in [0.15, 0.2) is 6.20 Å². The number of ether oxygens (including phenoxy) is 2. The normalized spacial score (nSPS) is 11.9. The molecule has 1 aromatic heterocycles. The molecule has 0 bridgehead atoms. The summed E-state index contributed by atoms with van der Waals surface area (Å²) < 4.78 is 10.8. The van der Waals surface area contributed by atoms with Gasteiger partial charge in [0.25, 0.3) is 0 Å². The number of nitrogens with zero attached hydrogens (tertiary/aromatic N) is 2. The summed E-state index contributed by atoms with van der Waals surface area (Å²) in [6.07, 6.45) is 2.16. The molecule has 0 radical (unpaired) electrons. The monoisotopic (exact) mass is 284 g/mol. The molecule has 0 aliphatic rings. The third kappa shape index (κ3) is 3.95. The van der Waals surface area contributed by atoms with Crippen molar-refractivity contribution in [3.8, 4) is 0 Å². The van der Waals surface area contributed by atoms with Gasteiger partial charge in [-0.15, -0.1) is 0 Å². The van der Waals surface area contributed by atoms with Gasteiger partial charge in [-0.3, -0.25) is 9.48 Å². The van der Waals surface area contributed by atoms with Gasteiger partial charge in [-0.25, -0.2) is 4.79 Å². The first kappa shape index (κ1) is 16.0. The molecule has 0 saturated heterocycles. The lowest BCUT2D eigenvalue weighted by Gasteiger charge is -2.12. The Morgan fingerprint density at radius 2 is 2.20 bits per heavy atom. The Balaban J connectivity index is 2.65. The maximum atomic E-state index is 11.9. The van der Waals surface area contributed by atoms with E-state index in [2.05, 4.69) is 15.2 Å². The quantitative estimate of drug-likeness (QED) is 0.537. The standard InChI is InChI=1S/C12H20N4O4/c1-8(11(17)14-5-4-6-19-2)16-7-9(13)10(15-16)12(18)20-3/h7-8H,4-6,13H2,1-3H3,(H,14,17). The van der Waals surface area contributed by atoms with Crippen LogP contribution in [0.3, 0.4) is 0 Å². The van der Waals surface area contributed by atoms with Crippen LogP contribution in [0.4, 0.5) is 5.69 Å². The highest BCUT2D eigenvalue weighted by molar-refractivity contribution is 5.92. The summed E-state index contributed by atoms with van der Waals surface area (Å²) in [6.45, 7) is 2.76. The maximum Gasteiger partial charge on any atom is 0.360 e. The second-order valence-corrected chi connectivity index (χ2v) is 4.22. The number of aromatic nitrogens is 2. The van der Waals surface area contributed by atoms with Crippen LogP contribution >= 0.6 is 0 Å². The highest BCUT2D eigenvalue weighted by atomic mass is 16.5. The number of nitrogens with two attached hydrogens (primary N) is 1. The number of amides is 1. The van der Waals surface area contributed by atoms with Crippen molar-refractivity contribution in [1.82, 2.24) is 15.1 Å². The molecular formula is C12H20N4O4. The molecule has 3 N–H and O–H groups in total. The predicted octanol–water partition coefficient (Wildman–Crippen LogP) is -0.0344. The van der Waals surface area contributed by atoms with Gasteiger partial charge < -0.3 is 20.5 Å². The van der Waals surface area contributed by atoms with Crippen molar-refractivity contribution >= 4 is 17.6 Å². The molecule has 1 amide bonds. The van der Waals surface area contributed by atoms with Gasteiger partial charge in [-0.05, 0) is 13.3 Å². The summed E-state index contributed by atoms with van der Waals surface area (Å²) in [7, 11) is 2.85. The van der Waals surface area contributed by atoms with E-state index >= 15 is 0 Å². The van der Waals surface area contributed by atoms with Gasteiger partial charge in [-0.2, -0.15) is 5.10 Å². The van der Waals surface area contributed by atoms with Crippen molar-refractivity contribution in [3.05, 3.63) is 11.9 Å². The fourth-order valence-corrected chi connectivity index (χ4v) is 1.56. The zero-order valence-electron chi connectivity index (χ0n) is 11.9. The number of rotatable bonds is 7. The molecule has 20 heavy (non-hydrogen) atoms. The highest BCUT2D eigenvalue weighted by Gasteiger charge is 2.21. The van der Waals surface area contributed by atoms with Gasteiger partial charge in [0.2, 0.25) is 5.91 Å². The van der Waals surface area contributed by atoms with Crippen LogP contribution in [0.1, 0.15) is 29.9 Å². The minimum atomic E-state index is -0.631. The number of anilines is 1. The minimum Gasteiger partial charge on any atom is -0.464 e. The number of esters is 1. The van der Waals surface area contributed by atoms with Crippen molar-refractivity contribution in [3.63, 3.8) is 0 Å². The fourth-order valence-electron chi connectivity index (χ4n) is 1.56. The van der Waals surface area contributed by atoms with E-state index in [1.54, 1.807) is 14.0 Å². The molecule has 1 unspecified atom stereocenters. The molecule has 0 aliphatic carbocycles.